The first-order valence-electron chi connectivity index (χ1n) is 11.6. The molecule has 3 heterocycles. The fraction of sp³-hybridized carbons (Fsp3) is 0.654. The Balaban J connectivity index is 1.53. The number of carbonyl (C=O) groups is 3. The lowest BCUT2D eigenvalue weighted by Gasteiger charge is -2.66. The summed E-state index contributed by atoms with van der Waals surface area (Å²) in [6.07, 6.45) is 7.57. The molecule has 0 aromatic carbocycles. The number of ketones is 2. The third-order valence-corrected chi connectivity index (χ3v) is 10.3. The number of hydrogen-bond donors (Lipinski definition) is 0. The van der Waals surface area contributed by atoms with Crippen molar-refractivity contribution >= 4 is 17.5 Å². The molecule has 6 heteroatoms. The van der Waals surface area contributed by atoms with Gasteiger partial charge in [0.25, 0.3) is 0 Å². The van der Waals surface area contributed by atoms with Crippen molar-refractivity contribution in [1.29, 1.82) is 0 Å². The molecule has 2 saturated carbocycles. The van der Waals surface area contributed by atoms with Gasteiger partial charge in [-0.2, -0.15) is 0 Å². The molecule has 4 fully saturated rings. The highest BCUT2D eigenvalue weighted by molar-refractivity contribution is 5.98. The lowest BCUT2D eigenvalue weighted by Crippen LogP contribution is -2.71. The van der Waals surface area contributed by atoms with Gasteiger partial charge in [0.05, 0.1) is 17.9 Å². The van der Waals surface area contributed by atoms with Crippen LogP contribution in [0.5, 0.6) is 0 Å². The maximum atomic E-state index is 14.1. The average molecular weight is 439 g/mol. The number of esters is 1. The molecule has 1 aromatic rings. The fourth-order valence-corrected chi connectivity index (χ4v) is 8.56. The van der Waals surface area contributed by atoms with Crippen molar-refractivity contribution in [2.75, 3.05) is 0 Å². The number of ether oxygens (including phenoxy) is 2. The standard InChI is InChI=1S/C26H30O6/c1-22(2)16-12-18(28)25(5)15(23(16,3)9-7-17(22)27)6-10-24(4)19(14-8-11-30-13-14)31-21(29)20-26(24,25)32-20/h7-9,11,13,15-16,19-20H,6,10,12H2,1-5H3/t15-,16-,19+,20-,23-,24-,25+,26-/m1/s1. The lowest BCUT2D eigenvalue weighted by molar-refractivity contribution is -0.210. The molecule has 170 valence electrons. The molecular formula is C26H30O6. The van der Waals surface area contributed by atoms with Crippen molar-refractivity contribution in [2.45, 2.75) is 71.7 Å². The van der Waals surface area contributed by atoms with Gasteiger partial charge in [-0.25, -0.2) is 4.79 Å². The number of hydrogen-bond acceptors (Lipinski definition) is 6. The van der Waals surface area contributed by atoms with E-state index < -0.39 is 40.0 Å². The molecule has 1 spiro atoms. The Kier molecular flexibility index (Phi) is 3.60. The first-order chi connectivity index (χ1) is 14.9. The number of fused-ring (bicyclic) bond motifs is 3. The maximum absolute atomic E-state index is 14.1. The van der Waals surface area contributed by atoms with Gasteiger partial charge in [0.15, 0.2) is 11.9 Å². The second-order valence-electron chi connectivity index (χ2n) is 11.8. The third-order valence-electron chi connectivity index (χ3n) is 10.3. The number of epoxide rings is 1. The summed E-state index contributed by atoms with van der Waals surface area (Å²) < 4.78 is 17.5. The van der Waals surface area contributed by atoms with Crippen LogP contribution in [-0.2, 0) is 23.9 Å². The summed E-state index contributed by atoms with van der Waals surface area (Å²) in [6, 6.07) is 1.83. The van der Waals surface area contributed by atoms with E-state index in [-0.39, 0.29) is 28.8 Å². The first-order valence-corrected chi connectivity index (χ1v) is 11.6. The second-order valence-corrected chi connectivity index (χ2v) is 11.8. The molecule has 5 aliphatic rings. The van der Waals surface area contributed by atoms with Gasteiger partial charge in [0.2, 0.25) is 0 Å². The number of Topliss-reactive ketones (excluding diaryl/α,β-unsaturated/α-hetero) is 1. The maximum Gasteiger partial charge on any atom is 0.339 e. The molecule has 8 atom stereocenters. The third kappa shape index (κ3) is 1.92. The van der Waals surface area contributed by atoms with Gasteiger partial charge < -0.3 is 13.9 Å². The zero-order chi connectivity index (χ0) is 22.9. The number of allylic oxidation sites excluding steroid dienone is 2. The van der Waals surface area contributed by atoms with Gasteiger partial charge >= 0.3 is 5.97 Å². The van der Waals surface area contributed by atoms with E-state index in [0.29, 0.717) is 6.42 Å². The monoisotopic (exact) mass is 438 g/mol. The van der Waals surface area contributed by atoms with E-state index in [1.165, 1.54) is 0 Å². The molecule has 0 unspecified atom stereocenters. The summed E-state index contributed by atoms with van der Waals surface area (Å²) >= 11 is 0. The van der Waals surface area contributed by atoms with Crippen LogP contribution in [0.15, 0.2) is 35.2 Å². The second kappa shape index (κ2) is 5.64. The molecule has 6 rings (SSSR count). The zero-order valence-corrected chi connectivity index (χ0v) is 19.3. The van der Waals surface area contributed by atoms with Crippen LogP contribution < -0.4 is 0 Å². The Labute approximate surface area is 187 Å². The van der Waals surface area contributed by atoms with E-state index >= 15 is 0 Å². The molecule has 32 heavy (non-hydrogen) atoms. The normalized spacial score (nSPS) is 50.6. The first kappa shape index (κ1) is 20.4. The van der Waals surface area contributed by atoms with Crippen LogP contribution in [0.25, 0.3) is 0 Å². The van der Waals surface area contributed by atoms with Crippen molar-refractivity contribution in [1.82, 2.24) is 0 Å². The van der Waals surface area contributed by atoms with Gasteiger partial charge in [-0.15, -0.1) is 0 Å². The van der Waals surface area contributed by atoms with Crippen LogP contribution in [0.1, 0.15) is 65.5 Å². The van der Waals surface area contributed by atoms with Gasteiger partial charge in [0, 0.05) is 22.8 Å². The minimum atomic E-state index is -0.912. The predicted octanol–water partition coefficient (Wildman–Crippen LogP) is 4.20. The molecule has 1 aromatic heterocycles. The minimum absolute atomic E-state index is 0.0288. The van der Waals surface area contributed by atoms with Crippen LogP contribution in [0, 0.1) is 33.5 Å². The molecular weight excluding hydrogens is 408 g/mol. The van der Waals surface area contributed by atoms with Crippen LogP contribution in [0.4, 0.5) is 0 Å². The lowest BCUT2D eigenvalue weighted by atomic mass is 9.36. The van der Waals surface area contributed by atoms with Gasteiger partial charge in [-0.1, -0.05) is 33.8 Å². The van der Waals surface area contributed by atoms with Crippen molar-refractivity contribution in [3.05, 3.63) is 36.3 Å². The molecule has 6 nitrogen and oxygen atoms in total. The summed E-state index contributed by atoms with van der Waals surface area (Å²) in [7, 11) is 0. The van der Waals surface area contributed by atoms with E-state index in [2.05, 4.69) is 13.8 Å². The summed E-state index contributed by atoms with van der Waals surface area (Å²) in [5, 5.41) is 0. The fourth-order valence-electron chi connectivity index (χ4n) is 8.56. The van der Waals surface area contributed by atoms with Gasteiger partial charge in [-0.3, -0.25) is 9.59 Å². The highest BCUT2D eigenvalue weighted by atomic mass is 16.7. The number of cyclic esters (lactones) is 1. The van der Waals surface area contributed by atoms with Crippen LogP contribution in [-0.4, -0.2) is 29.2 Å². The van der Waals surface area contributed by atoms with Crippen LogP contribution in [0.3, 0.4) is 0 Å². The van der Waals surface area contributed by atoms with Crippen LogP contribution >= 0.6 is 0 Å². The molecule has 0 amide bonds. The Morgan fingerprint density at radius 3 is 2.44 bits per heavy atom. The summed E-state index contributed by atoms with van der Waals surface area (Å²) in [5.41, 5.74) is -2.45. The highest BCUT2D eigenvalue weighted by Crippen LogP contribution is 2.78. The molecule has 0 radical (unpaired) electrons. The van der Waals surface area contributed by atoms with Gasteiger partial charge in [0.1, 0.15) is 17.5 Å². The van der Waals surface area contributed by atoms with Gasteiger partial charge in [-0.05, 0) is 49.2 Å². The smallest absolute Gasteiger partial charge is 0.339 e. The van der Waals surface area contributed by atoms with Crippen molar-refractivity contribution in [2.24, 2.45) is 33.5 Å². The molecule has 0 N–H and O–H groups in total. The Morgan fingerprint density at radius 2 is 1.75 bits per heavy atom. The SMILES string of the molecule is CC1(C)C(=O)C=C[C@@]2(C)[C@@H]1CC(=O)[C@]1(C)[C@@H]2CC[C@]2(C)[C@H](c3ccoc3)OC(=O)[C@H]3O[C@]321. The van der Waals surface area contributed by atoms with Crippen molar-refractivity contribution < 1.29 is 28.3 Å². The van der Waals surface area contributed by atoms with Crippen molar-refractivity contribution in [3.8, 4) is 0 Å². The van der Waals surface area contributed by atoms with E-state index in [0.717, 1.165) is 18.4 Å². The minimum Gasteiger partial charge on any atom is -0.472 e. The highest BCUT2D eigenvalue weighted by Gasteiger charge is 2.88. The number of furan rings is 1. The molecule has 3 aliphatic carbocycles. The molecule has 2 aliphatic heterocycles. The Morgan fingerprint density at radius 1 is 1.00 bits per heavy atom. The summed E-state index contributed by atoms with van der Waals surface area (Å²) in [5.74, 6) is -0.312. The van der Waals surface area contributed by atoms with E-state index in [4.69, 9.17) is 13.9 Å². The summed E-state index contributed by atoms with van der Waals surface area (Å²) in [4.78, 5) is 39.8. The number of carbonyl (C=O) groups excluding carboxylic acids is 3. The molecule has 0 bridgehead atoms. The Hall–Kier alpha value is -2.21. The van der Waals surface area contributed by atoms with Crippen molar-refractivity contribution in [3.63, 3.8) is 0 Å². The molecule has 2 saturated heterocycles. The predicted molar refractivity (Wildman–Crippen MR) is 113 cm³/mol. The zero-order valence-electron chi connectivity index (χ0n) is 19.3. The van der Waals surface area contributed by atoms with E-state index in [1.807, 2.05) is 32.9 Å². The average Bonchev–Trinajstić information content (AvgIpc) is 3.30. The quantitative estimate of drug-likeness (QED) is 0.483. The summed E-state index contributed by atoms with van der Waals surface area (Å²) in [6.45, 7) is 10.2. The largest absolute Gasteiger partial charge is 0.472 e. The van der Waals surface area contributed by atoms with E-state index in [9.17, 15) is 14.4 Å². The number of rotatable bonds is 1. The van der Waals surface area contributed by atoms with Crippen LogP contribution in [0.2, 0.25) is 0 Å². The Bertz CT molecular complexity index is 1080. The topological polar surface area (TPSA) is 86.1 Å². The van der Waals surface area contributed by atoms with E-state index in [1.54, 1.807) is 18.6 Å².